The Labute approximate surface area is 141 Å². The van der Waals surface area contributed by atoms with Crippen LogP contribution in [-0.4, -0.2) is 16.3 Å². The highest BCUT2D eigenvalue weighted by molar-refractivity contribution is 6.30. The summed E-state index contributed by atoms with van der Waals surface area (Å²) >= 11 is 5.92. The molecule has 1 aliphatic heterocycles. The Morgan fingerprint density at radius 1 is 1.25 bits per heavy atom. The highest BCUT2D eigenvalue weighted by Crippen LogP contribution is 2.53. The summed E-state index contributed by atoms with van der Waals surface area (Å²) in [6.07, 6.45) is -2.34. The zero-order valence-electron chi connectivity index (χ0n) is 12.4. The summed E-state index contributed by atoms with van der Waals surface area (Å²) in [6, 6.07) is 5.86. The molecule has 0 spiro atoms. The van der Waals surface area contributed by atoms with E-state index in [0.717, 1.165) is 12.8 Å². The Morgan fingerprint density at radius 3 is 2.67 bits per heavy atom. The van der Waals surface area contributed by atoms with Crippen molar-refractivity contribution in [3.63, 3.8) is 0 Å². The lowest BCUT2D eigenvalue weighted by Crippen LogP contribution is -2.29. The maximum atomic E-state index is 13.9. The third-order valence-corrected chi connectivity index (χ3v) is 4.84. The van der Waals surface area contributed by atoms with E-state index in [4.69, 9.17) is 11.6 Å². The number of hydrogen-bond donors (Lipinski definition) is 2. The predicted octanol–water partition coefficient (Wildman–Crippen LogP) is 4.93. The number of nitrogens with one attached hydrogen (secondary N) is 1. The molecule has 7 heteroatoms. The van der Waals surface area contributed by atoms with Gasteiger partial charge in [-0.1, -0.05) is 11.6 Å². The van der Waals surface area contributed by atoms with Crippen LogP contribution in [-0.2, 0) is 0 Å². The molecule has 1 fully saturated rings. The Morgan fingerprint density at radius 2 is 2.00 bits per heavy atom. The van der Waals surface area contributed by atoms with Crippen molar-refractivity contribution in [2.45, 2.75) is 31.0 Å². The smallest absolute Gasteiger partial charge is 0.388 e. The lowest BCUT2D eigenvalue weighted by molar-refractivity contribution is -0.141. The normalized spacial score (nSPS) is 20.8. The lowest BCUT2D eigenvalue weighted by Gasteiger charge is -2.32. The summed E-state index contributed by atoms with van der Waals surface area (Å²) in [5.41, 5.74) is 0.682. The summed E-state index contributed by atoms with van der Waals surface area (Å²) in [7, 11) is 0. The van der Waals surface area contributed by atoms with Crippen LogP contribution in [0.3, 0.4) is 0 Å². The van der Waals surface area contributed by atoms with Crippen LogP contribution in [0.5, 0.6) is 0 Å². The van der Waals surface area contributed by atoms with Gasteiger partial charge in [-0.15, -0.1) is 0 Å². The van der Waals surface area contributed by atoms with E-state index < -0.39 is 18.2 Å². The minimum atomic E-state index is -4.52. The largest absolute Gasteiger partial charge is 0.399 e. The molecule has 4 rings (SSSR count). The van der Waals surface area contributed by atoms with Gasteiger partial charge in [0.15, 0.2) is 0 Å². The molecule has 126 valence electrons. The molecule has 1 aromatic heterocycles. The zero-order valence-corrected chi connectivity index (χ0v) is 13.2. The molecule has 0 saturated heterocycles. The molecule has 2 aromatic rings. The van der Waals surface area contributed by atoms with Gasteiger partial charge in [-0.25, -0.2) is 4.98 Å². The first-order valence-corrected chi connectivity index (χ1v) is 8.04. The molecule has 2 aliphatic rings. The van der Waals surface area contributed by atoms with Crippen molar-refractivity contribution in [3.8, 4) is 0 Å². The van der Waals surface area contributed by atoms with Crippen LogP contribution in [0.15, 0.2) is 30.5 Å². The van der Waals surface area contributed by atoms with Gasteiger partial charge in [0, 0.05) is 22.5 Å². The Balaban J connectivity index is 1.94. The topological polar surface area (TPSA) is 45.2 Å². The van der Waals surface area contributed by atoms with Gasteiger partial charge in [0.1, 0.15) is 11.7 Å². The zero-order chi connectivity index (χ0) is 17.1. The number of alkyl halides is 3. The molecule has 2 heterocycles. The van der Waals surface area contributed by atoms with Gasteiger partial charge >= 0.3 is 6.18 Å². The second kappa shape index (κ2) is 5.36. The van der Waals surface area contributed by atoms with E-state index in [1.54, 1.807) is 0 Å². The van der Waals surface area contributed by atoms with E-state index in [1.165, 1.54) is 30.5 Å². The third kappa shape index (κ3) is 2.54. The van der Waals surface area contributed by atoms with Crippen LogP contribution in [0.25, 0.3) is 0 Å². The number of anilines is 2. The van der Waals surface area contributed by atoms with E-state index in [2.05, 4.69) is 10.3 Å². The van der Waals surface area contributed by atoms with Crippen LogP contribution in [0, 0.1) is 5.92 Å². The van der Waals surface area contributed by atoms with E-state index in [-0.39, 0.29) is 27.9 Å². The minimum Gasteiger partial charge on any atom is -0.388 e. The Kier molecular flexibility index (Phi) is 3.51. The average molecular weight is 355 g/mol. The van der Waals surface area contributed by atoms with Crippen molar-refractivity contribution in [2.75, 3.05) is 5.32 Å². The first-order valence-electron chi connectivity index (χ1n) is 7.66. The summed E-state index contributed by atoms with van der Waals surface area (Å²) in [6.45, 7) is 0. The molecule has 0 bridgehead atoms. The number of nitrogens with zero attached hydrogens (tertiary/aromatic N) is 1. The van der Waals surface area contributed by atoms with Gasteiger partial charge in [0.25, 0.3) is 0 Å². The molecule has 1 aromatic carbocycles. The molecule has 3 nitrogen and oxygen atoms in total. The van der Waals surface area contributed by atoms with Crippen LogP contribution < -0.4 is 5.32 Å². The van der Waals surface area contributed by atoms with Crippen molar-refractivity contribution in [2.24, 2.45) is 5.92 Å². The highest BCUT2D eigenvalue weighted by Gasteiger charge is 2.48. The van der Waals surface area contributed by atoms with Gasteiger partial charge < -0.3 is 10.4 Å². The number of benzene rings is 1. The fraction of sp³-hybridized carbons (Fsp3) is 0.353. The summed E-state index contributed by atoms with van der Waals surface area (Å²) < 4.78 is 41.7. The number of rotatable bonds is 2. The van der Waals surface area contributed by atoms with Crippen molar-refractivity contribution < 1.29 is 18.3 Å². The molecular formula is C17H14ClF3N2O. The lowest BCUT2D eigenvalue weighted by atomic mass is 9.82. The van der Waals surface area contributed by atoms with Crippen LogP contribution in [0.1, 0.15) is 41.6 Å². The number of halogens is 4. The molecule has 1 saturated carbocycles. The maximum absolute atomic E-state index is 13.9. The molecule has 0 radical (unpaired) electrons. The van der Waals surface area contributed by atoms with E-state index in [1.807, 2.05) is 0 Å². The molecule has 2 atom stereocenters. The second-order valence-electron chi connectivity index (χ2n) is 6.28. The predicted molar refractivity (Wildman–Crippen MR) is 84.6 cm³/mol. The van der Waals surface area contributed by atoms with Crippen molar-refractivity contribution in [1.82, 2.24) is 4.98 Å². The van der Waals surface area contributed by atoms with Gasteiger partial charge in [-0.05, 0) is 54.2 Å². The van der Waals surface area contributed by atoms with Crippen molar-refractivity contribution in [1.29, 1.82) is 0 Å². The number of fused-ring (bicyclic) bond motifs is 2. The molecule has 24 heavy (non-hydrogen) atoms. The van der Waals surface area contributed by atoms with Crippen LogP contribution >= 0.6 is 11.6 Å². The van der Waals surface area contributed by atoms with Gasteiger partial charge in [-0.3, -0.25) is 0 Å². The number of aliphatic hydroxyl groups is 1. The van der Waals surface area contributed by atoms with Gasteiger partial charge in [0.05, 0.1) is 6.10 Å². The van der Waals surface area contributed by atoms with Crippen LogP contribution in [0.2, 0.25) is 5.02 Å². The summed E-state index contributed by atoms with van der Waals surface area (Å²) in [5, 5.41) is 13.6. The van der Waals surface area contributed by atoms with Gasteiger partial charge in [0.2, 0.25) is 0 Å². The summed E-state index contributed by atoms with van der Waals surface area (Å²) in [4.78, 5) is 4.07. The van der Waals surface area contributed by atoms with Crippen LogP contribution in [0.4, 0.5) is 24.7 Å². The fourth-order valence-corrected chi connectivity index (χ4v) is 3.50. The average Bonchev–Trinajstić information content (AvgIpc) is 3.35. The Hall–Kier alpha value is -1.79. The highest BCUT2D eigenvalue weighted by atomic mass is 35.5. The monoisotopic (exact) mass is 354 g/mol. The van der Waals surface area contributed by atoms with E-state index >= 15 is 0 Å². The van der Waals surface area contributed by atoms with E-state index in [9.17, 15) is 18.3 Å². The first kappa shape index (κ1) is 15.7. The standard InChI is InChI=1S/C17H14ClF3N2O/c18-9-3-4-12-11(7-9)14(17(19,20)21)13-10(15(24)8-1-2-8)5-6-22-16(13)23-12/h3-8,14-15,24H,1-2H2,(H,22,23)/t14-,15?/m1/s1. The SMILES string of the molecule is OC(c1ccnc2c1[C@H](C(F)(F)F)c1cc(Cl)ccc1N2)C1CC1. The third-order valence-electron chi connectivity index (χ3n) is 4.60. The fourth-order valence-electron chi connectivity index (χ4n) is 3.32. The van der Waals surface area contributed by atoms with Crippen molar-refractivity contribution >= 4 is 23.1 Å². The molecule has 1 aliphatic carbocycles. The van der Waals surface area contributed by atoms with E-state index in [0.29, 0.717) is 11.3 Å². The molecule has 0 amide bonds. The number of pyridine rings is 1. The molecule has 2 N–H and O–H groups in total. The number of aliphatic hydroxyl groups excluding tert-OH is 1. The van der Waals surface area contributed by atoms with Crippen molar-refractivity contribution in [3.05, 3.63) is 52.2 Å². The Bertz CT molecular complexity index is 805. The minimum absolute atomic E-state index is 0.000772. The second-order valence-corrected chi connectivity index (χ2v) is 6.71. The quantitative estimate of drug-likeness (QED) is 0.803. The summed E-state index contributed by atoms with van der Waals surface area (Å²) in [5.74, 6) is -1.70. The first-order chi connectivity index (χ1) is 11.4. The number of aromatic nitrogens is 1. The maximum Gasteiger partial charge on any atom is 0.399 e. The van der Waals surface area contributed by atoms with Gasteiger partial charge in [-0.2, -0.15) is 13.2 Å². The molecular weight excluding hydrogens is 341 g/mol. The molecule has 1 unspecified atom stereocenters. The number of hydrogen-bond acceptors (Lipinski definition) is 3.